The number of aromatic nitrogens is 2. The molecule has 0 unspecified atom stereocenters. The van der Waals surface area contributed by atoms with Crippen LogP contribution in [-0.4, -0.2) is 41.6 Å². The van der Waals surface area contributed by atoms with Crippen molar-refractivity contribution in [2.45, 2.75) is 31.3 Å². The monoisotopic (exact) mass is 489 g/mol. The Balaban J connectivity index is 1.41. The molecule has 35 heavy (non-hydrogen) atoms. The van der Waals surface area contributed by atoms with Crippen LogP contribution in [0.4, 0.5) is 0 Å². The van der Waals surface area contributed by atoms with E-state index in [1.165, 1.54) is 28.6 Å². The lowest BCUT2D eigenvalue weighted by Gasteiger charge is -2.30. The molecule has 0 amide bonds. The van der Waals surface area contributed by atoms with Crippen LogP contribution in [0.2, 0.25) is 0 Å². The summed E-state index contributed by atoms with van der Waals surface area (Å²) in [5, 5.41) is 22.9. The maximum Gasteiger partial charge on any atom is 0.309 e. The lowest BCUT2D eigenvalue weighted by Crippen LogP contribution is -2.40. The highest BCUT2D eigenvalue weighted by atomic mass is 32.2. The average Bonchev–Trinajstić information content (AvgIpc) is 3.22. The number of esters is 1. The highest BCUT2D eigenvalue weighted by Gasteiger charge is 2.33. The van der Waals surface area contributed by atoms with Crippen LogP contribution in [0.5, 0.6) is 0 Å². The third-order valence-electron chi connectivity index (χ3n) is 6.03. The van der Waals surface area contributed by atoms with Crippen LogP contribution >= 0.6 is 0 Å². The summed E-state index contributed by atoms with van der Waals surface area (Å²) < 4.78 is 34.3. The zero-order valence-electron chi connectivity index (χ0n) is 19.1. The van der Waals surface area contributed by atoms with Crippen LogP contribution in [0, 0.1) is 35.5 Å². The summed E-state index contributed by atoms with van der Waals surface area (Å²) in [6.07, 6.45) is 0.660. The van der Waals surface area contributed by atoms with Crippen molar-refractivity contribution >= 4 is 16.0 Å². The molecule has 2 heterocycles. The summed E-state index contributed by atoms with van der Waals surface area (Å²) in [7, 11) is -3.71. The maximum absolute atomic E-state index is 12.9. The summed E-state index contributed by atoms with van der Waals surface area (Å²) in [6.45, 7) is 1.99. The van der Waals surface area contributed by atoms with E-state index in [2.05, 4.69) is 11.2 Å². The number of ether oxygens (including phenoxy) is 1. The minimum Gasteiger partial charge on any atom is -0.459 e. The quantitative estimate of drug-likeness (QED) is 0.487. The third-order valence-corrected chi connectivity index (χ3v) is 7.94. The molecular formula is C25H23N5O4S. The van der Waals surface area contributed by atoms with Crippen LogP contribution in [-0.2, 0) is 26.2 Å². The topological polar surface area (TPSA) is 129 Å². The number of hydrogen-bond acceptors (Lipinski definition) is 7. The van der Waals surface area contributed by atoms with Gasteiger partial charge in [0.1, 0.15) is 18.2 Å². The van der Waals surface area contributed by atoms with Crippen LogP contribution in [0.1, 0.15) is 35.4 Å². The van der Waals surface area contributed by atoms with Gasteiger partial charge in [-0.05, 0) is 56.2 Å². The predicted octanol–water partition coefficient (Wildman–Crippen LogP) is 3.07. The molecule has 0 saturated carbocycles. The van der Waals surface area contributed by atoms with Gasteiger partial charge in [0.05, 0.1) is 39.5 Å². The highest BCUT2D eigenvalue weighted by molar-refractivity contribution is 7.89. The van der Waals surface area contributed by atoms with E-state index in [9.17, 15) is 18.5 Å². The molecule has 0 aliphatic carbocycles. The number of sulfonamides is 1. The number of nitriles is 2. The summed E-state index contributed by atoms with van der Waals surface area (Å²) in [5.74, 6) is -0.870. The number of benzene rings is 2. The first-order valence-corrected chi connectivity index (χ1v) is 12.5. The predicted molar refractivity (Wildman–Crippen MR) is 125 cm³/mol. The Morgan fingerprint density at radius 1 is 1.06 bits per heavy atom. The third kappa shape index (κ3) is 4.94. The summed E-state index contributed by atoms with van der Waals surface area (Å²) in [4.78, 5) is 12.9. The Bertz CT molecular complexity index is 1410. The van der Waals surface area contributed by atoms with Crippen molar-refractivity contribution in [2.24, 2.45) is 5.92 Å². The molecule has 1 aliphatic heterocycles. The van der Waals surface area contributed by atoms with Crippen molar-refractivity contribution in [3.8, 4) is 17.8 Å². The van der Waals surface area contributed by atoms with Crippen molar-refractivity contribution in [1.82, 2.24) is 14.1 Å². The number of carbonyl (C=O) groups excluding carboxylic acids is 1. The molecule has 1 aliphatic rings. The SMILES string of the molecule is Cc1nn(-c2ccccc2)c(COC(=O)C2CCN(S(=O)(=O)c3ccc(C#N)cc3)CC2)c1C#N. The molecule has 0 bridgehead atoms. The van der Waals surface area contributed by atoms with Gasteiger partial charge in [-0.3, -0.25) is 4.79 Å². The summed E-state index contributed by atoms with van der Waals surface area (Å²) in [5.41, 5.74) is 2.54. The Morgan fingerprint density at radius 2 is 1.71 bits per heavy atom. The summed E-state index contributed by atoms with van der Waals surface area (Å²) in [6, 6.07) is 19.2. The molecule has 0 N–H and O–H groups in total. The van der Waals surface area contributed by atoms with Gasteiger partial charge in [-0.2, -0.15) is 19.9 Å². The standard InChI is InChI=1S/C25H23N5O4S/c1-18-23(16-27)24(30(28-18)21-5-3-2-4-6-21)17-34-25(31)20-11-13-29(14-12-20)35(32,33)22-9-7-19(15-26)8-10-22/h2-10,20H,11-14,17H2,1H3. The first kappa shape index (κ1) is 24.1. The lowest BCUT2D eigenvalue weighted by atomic mass is 9.98. The number of hydrogen-bond donors (Lipinski definition) is 0. The minimum atomic E-state index is -3.71. The van der Waals surface area contributed by atoms with E-state index in [0.717, 1.165) is 5.69 Å². The van der Waals surface area contributed by atoms with E-state index < -0.39 is 21.9 Å². The maximum atomic E-state index is 12.9. The molecule has 0 radical (unpaired) electrons. The molecular weight excluding hydrogens is 466 g/mol. The summed E-state index contributed by atoms with van der Waals surface area (Å²) >= 11 is 0. The number of piperidine rings is 1. The molecule has 2 aromatic carbocycles. The molecule has 1 aromatic heterocycles. The van der Waals surface area contributed by atoms with E-state index in [1.807, 2.05) is 36.4 Å². The van der Waals surface area contributed by atoms with Crippen molar-refractivity contribution in [2.75, 3.05) is 13.1 Å². The van der Waals surface area contributed by atoms with E-state index in [4.69, 9.17) is 10.00 Å². The largest absolute Gasteiger partial charge is 0.459 e. The molecule has 10 heteroatoms. The number of aryl methyl sites for hydroxylation is 1. The molecule has 3 aromatic rings. The number of nitrogens with zero attached hydrogens (tertiary/aromatic N) is 5. The Morgan fingerprint density at radius 3 is 2.31 bits per heavy atom. The van der Waals surface area contributed by atoms with E-state index >= 15 is 0 Å². The van der Waals surface area contributed by atoms with Gasteiger partial charge in [0.2, 0.25) is 10.0 Å². The lowest BCUT2D eigenvalue weighted by molar-refractivity contribution is -0.151. The van der Waals surface area contributed by atoms with Gasteiger partial charge in [0.25, 0.3) is 0 Å². The van der Waals surface area contributed by atoms with Crippen LogP contribution < -0.4 is 0 Å². The molecule has 1 saturated heterocycles. The van der Waals surface area contributed by atoms with Crippen molar-refractivity contribution in [3.63, 3.8) is 0 Å². The fourth-order valence-electron chi connectivity index (χ4n) is 4.08. The first-order valence-electron chi connectivity index (χ1n) is 11.1. The Hall–Kier alpha value is -3.99. The Kier molecular flexibility index (Phi) is 6.97. The molecule has 0 spiro atoms. The number of para-hydroxylation sites is 1. The van der Waals surface area contributed by atoms with Gasteiger partial charge in [0.15, 0.2) is 0 Å². The van der Waals surface area contributed by atoms with Gasteiger partial charge in [-0.1, -0.05) is 18.2 Å². The normalized spacial score (nSPS) is 14.7. The second-order valence-electron chi connectivity index (χ2n) is 8.19. The highest BCUT2D eigenvalue weighted by Crippen LogP contribution is 2.26. The Labute approximate surface area is 203 Å². The van der Waals surface area contributed by atoms with Crippen molar-refractivity contribution in [3.05, 3.63) is 77.1 Å². The zero-order valence-corrected chi connectivity index (χ0v) is 19.9. The van der Waals surface area contributed by atoms with Crippen molar-refractivity contribution < 1.29 is 17.9 Å². The van der Waals surface area contributed by atoms with Crippen LogP contribution in [0.25, 0.3) is 5.69 Å². The second-order valence-corrected chi connectivity index (χ2v) is 10.1. The van der Waals surface area contributed by atoms with Gasteiger partial charge >= 0.3 is 5.97 Å². The fourth-order valence-corrected chi connectivity index (χ4v) is 5.55. The van der Waals surface area contributed by atoms with E-state index in [1.54, 1.807) is 11.6 Å². The van der Waals surface area contributed by atoms with Crippen molar-refractivity contribution in [1.29, 1.82) is 10.5 Å². The van der Waals surface area contributed by atoms with Gasteiger partial charge in [0, 0.05) is 13.1 Å². The zero-order chi connectivity index (χ0) is 25.0. The molecule has 178 valence electrons. The average molecular weight is 490 g/mol. The van der Waals surface area contributed by atoms with Gasteiger partial charge in [-0.15, -0.1) is 0 Å². The van der Waals surface area contributed by atoms with E-state index in [0.29, 0.717) is 35.4 Å². The van der Waals surface area contributed by atoms with Crippen LogP contribution in [0.3, 0.4) is 0 Å². The first-order chi connectivity index (χ1) is 16.8. The van der Waals surface area contributed by atoms with E-state index in [-0.39, 0.29) is 24.6 Å². The number of rotatable bonds is 6. The number of carbonyl (C=O) groups is 1. The molecule has 0 atom stereocenters. The fraction of sp³-hybridized carbons (Fsp3) is 0.280. The molecule has 4 rings (SSSR count). The van der Waals surface area contributed by atoms with Gasteiger partial charge < -0.3 is 4.74 Å². The smallest absolute Gasteiger partial charge is 0.309 e. The molecule has 9 nitrogen and oxygen atoms in total. The second kappa shape index (κ2) is 10.1. The molecule has 1 fully saturated rings. The minimum absolute atomic E-state index is 0.110. The van der Waals surface area contributed by atoms with Gasteiger partial charge in [-0.25, -0.2) is 13.1 Å². The van der Waals surface area contributed by atoms with Crippen LogP contribution in [0.15, 0.2) is 59.5 Å².